The maximum absolute atomic E-state index is 12.5. The molecule has 0 unspecified atom stereocenters. The number of anilines is 2. The molecule has 5 nitrogen and oxygen atoms in total. The van der Waals surface area contributed by atoms with Crippen LogP contribution in [0.3, 0.4) is 0 Å². The van der Waals surface area contributed by atoms with Gasteiger partial charge in [0.15, 0.2) is 0 Å². The Kier molecular flexibility index (Phi) is 4.95. The summed E-state index contributed by atoms with van der Waals surface area (Å²) < 4.78 is 5.19. The van der Waals surface area contributed by atoms with Crippen molar-refractivity contribution in [1.82, 2.24) is 0 Å². The molecule has 1 aliphatic heterocycles. The number of nitrogens with one attached hydrogen (secondary N) is 1. The van der Waals surface area contributed by atoms with Crippen LogP contribution in [0.2, 0.25) is 5.02 Å². The van der Waals surface area contributed by atoms with Crippen LogP contribution in [0, 0.1) is 12.8 Å². The Morgan fingerprint density at radius 1 is 1.28 bits per heavy atom. The summed E-state index contributed by atoms with van der Waals surface area (Å²) in [5, 5.41) is 3.44. The van der Waals surface area contributed by atoms with E-state index in [-0.39, 0.29) is 18.2 Å². The lowest BCUT2D eigenvalue weighted by Gasteiger charge is -2.17. The van der Waals surface area contributed by atoms with Crippen molar-refractivity contribution in [2.24, 2.45) is 5.92 Å². The first kappa shape index (κ1) is 17.3. The molecule has 1 saturated heterocycles. The van der Waals surface area contributed by atoms with Gasteiger partial charge < -0.3 is 15.0 Å². The molecule has 3 rings (SSSR count). The molecule has 1 aliphatic rings. The number of hydrogen-bond acceptors (Lipinski definition) is 3. The predicted octanol–water partition coefficient (Wildman–Crippen LogP) is 3.65. The van der Waals surface area contributed by atoms with Crippen LogP contribution in [0.5, 0.6) is 5.75 Å². The molecule has 0 aliphatic carbocycles. The Hall–Kier alpha value is -2.53. The third-order valence-corrected chi connectivity index (χ3v) is 4.71. The molecular weight excluding hydrogens is 340 g/mol. The lowest BCUT2D eigenvalue weighted by Crippen LogP contribution is -2.28. The van der Waals surface area contributed by atoms with Gasteiger partial charge in [0.25, 0.3) is 0 Å². The normalized spacial score (nSPS) is 16.8. The number of methoxy groups -OCH3 is 1. The van der Waals surface area contributed by atoms with Gasteiger partial charge in [0.05, 0.1) is 13.0 Å². The van der Waals surface area contributed by atoms with Gasteiger partial charge in [0, 0.05) is 35.4 Å². The maximum atomic E-state index is 12.5. The fourth-order valence-electron chi connectivity index (χ4n) is 2.83. The summed E-state index contributed by atoms with van der Waals surface area (Å²) in [6, 6.07) is 12.6. The molecule has 0 bridgehead atoms. The van der Waals surface area contributed by atoms with Crippen LogP contribution in [0.25, 0.3) is 0 Å². The van der Waals surface area contributed by atoms with Gasteiger partial charge in [-0.05, 0) is 36.8 Å². The summed E-state index contributed by atoms with van der Waals surface area (Å²) >= 11 is 6.09. The third kappa shape index (κ3) is 3.77. The molecule has 6 heteroatoms. The van der Waals surface area contributed by atoms with Gasteiger partial charge in [-0.2, -0.15) is 0 Å². The number of benzene rings is 2. The smallest absolute Gasteiger partial charge is 0.229 e. The lowest BCUT2D eigenvalue weighted by atomic mass is 10.1. The fourth-order valence-corrected chi connectivity index (χ4v) is 3.01. The largest absolute Gasteiger partial charge is 0.497 e. The highest BCUT2D eigenvalue weighted by molar-refractivity contribution is 6.31. The van der Waals surface area contributed by atoms with Crippen LogP contribution < -0.4 is 15.0 Å². The second-order valence-corrected chi connectivity index (χ2v) is 6.47. The second kappa shape index (κ2) is 7.15. The van der Waals surface area contributed by atoms with Crippen LogP contribution in [0.1, 0.15) is 12.0 Å². The highest BCUT2D eigenvalue weighted by Gasteiger charge is 2.35. The van der Waals surface area contributed by atoms with Gasteiger partial charge in [0.2, 0.25) is 11.8 Å². The minimum absolute atomic E-state index is 0.0738. The summed E-state index contributed by atoms with van der Waals surface area (Å²) in [6.07, 6.45) is 0.183. The maximum Gasteiger partial charge on any atom is 0.229 e. The summed E-state index contributed by atoms with van der Waals surface area (Å²) in [7, 11) is 1.58. The van der Waals surface area contributed by atoms with E-state index in [0.29, 0.717) is 23.0 Å². The van der Waals surface area contributed by atoms with Crippen molar-refractivity contribution in [3.63, 3.8) is 0 Å². The molecule has 1 heterocycles. The third-order valence-electron chi connectivity index (χ3n) is 4.30. The van der Waals surface area contributed by atoms with E-state index in [2.05, 4.69) is 5.32 Å². The zero-order valence-electron chi connectivity index (χ0n) is 14.1. The first-order valence-electron chi connectivity index (χ1n) is 7.99. The average Bonchev–Trinajstić information content (AvgIpc) is 3.00. The number of carbonyl (C=O) groups is 2. The monoisotopic (exact) mass is 358 g/mol. The van der Waals surface area contributed by atoms with Gasteiger partial charge in [0.1, 0.15) is 5.75 Å². The van der Waals surface area contributed by atoms with Crippen molar-refractivity contribution >= 4 is 34.8 Å². The van der Waals surface area contributed by atoms with Crippen molar-refractivity contribution in [2.75, 3.05) is 23.9 Å². The number of carbonyl (C=O) groups excluding carboxylic acids is 2. The Balaban J connectivity index is 1.70. The van der Waals surface area contributed by atoms with Crippen LogP contribution in [0.4, 0.5) is 11.4 Å². The number of aryl methyl sites for hydroxylation is 1. The highest BCUT2D eigenvalue weighted by Crippen LogP contribution is 2.29. The molecule has 1 fully saturated rings. The number of ether oxygens (including phenoxy) is 1. The van der Waals surface area contributed by atoms with Crippen LogP contribution in [0.15, 0.2) is 42.5 Å². The number of rotatable bonds is 4. The highest BCUT2D eigenvalue weighted by atomic mass is 35.5. The Morgan fingerprint density at radius 3 is 2.80 bits per heavy atom. The van der Waals surface area contributed by atoms with Crippen LogP contribution >= 0.6 is 11.6 Å². The summed E-state index contributed by atoms with van der Waals surface area (Å²) in [5.41, 5.74) is 2.31. The Bertz CT molecular complexity index is 822. The first-order chi connectivity index (χ1) is 12.0. The zero-order chi connectivity index (χ0) is 18.0. The molecule has 1 atom stereocenters. The van der Waals surface area contributed by atoms with E-state index in [1.807, 2.05) is 31.2 Å². The second-order valence-electron chi connectivity index (χ2n) is 6.06. The summed E-state index contributed by atoms with van der Waals surface area (Å²) in [5.74, 6) is 0.0142. The Labute approximate surface area is 151 Å². The fraction of sp³-hybridized carbons (Fsp3) is 0.263. The van der Waals surface area contributed by atoms with Gasteiger partial charge >= 0.3 is 0 Å². The molecule has 2 amide bonds. The van der Waals surface area contributed by atoms with E-state index in [4.69, 9.17) is 16.3 Å². The summed E-state index contributed by atoms with van der Waals surface area (Å²) in [6.45, 7) is 2.24. The minimum Gasteiger partial charge on any atom is -0.497 e. The van der Waals surface area contributed by atoms with Gasteiger partial charge in [-0.15, -0.1) is 0 Å². The van der Waals surface area contributed by atoms with E-state index in [9.17, 15) is 9.59 Å². The predicted molar refractivity (Wildman–Crippen MR) is 98.3 cm³/mol. The lowest BCUT2D eigenvalue weighted by molar-refractivity contribution is -0.122. The van der Waals surface area contributed by atoms with Gasteiger partial charge in [-0.25, -0.2) is 0 Å². The molecule has 25 heavy (non-hydrogen) atoms. The van der Waals surface area contributed by atoms with E-state index >= 15 is 0 Å². The number of halogens is 1. The molecule has 1 N–H and O–H groups in total. The van der Waals surface area contributed by atoms with E-state index in [1.54, 1.807) is 30.2 Å². The Morgan fingerprint density at radius 2 is 2.08 bits per heavy atom. The molecule has 0 saturated carbocycles. The number of hydrogen-bond donors (Lipinski definition) is 1. The number of amides is 2. The molecule has 2 aromatic carbocycles. The van der Waals surface area contributed by atoms with Crippen LogP contribution in [-0.2, 0) is 9.59 Å². The topological polar surface area (TPSA) is 58.6 Å². The van der Waals surface area contributed by atoms with Crippen molar-refractivity contribution in [3.8, 4) is 5.75 Å². The molecular formula is C19H19ClN2O3. The first-order valence-corrected chi connectivity index (χ1v) is 8.37. The average molecular weight is 359 g/mol. The van der Waals surface area contributed by atoms with E-state index < -0.39 is 5.92 Å². The van der Waals surface area contributed by atoms with Crippen LogP contribution in [-0.4, -0.2) is 25.5 Å². The standard InChI is InChI=1S/C19H19ClN2O3/c1-12-6-7-14(9-17(12)20)21-19(24)13-8-18(23)22(11-13)15-4-3-5-16(10-15)25-2/h3-7,9-10,13H,8,11H2,1-2H3,(H,21,24)/t13-/m0/s1. The van der Waals surface area contributed by atoms with Crippen molar-refractivity contribution in [3.05, 3.63) is 53.1 Å². The molecule has 0 spiro atoms. The van der Waals surface area contributed by atoms with E-state index in [0.717, 1.165) is 11.3 Å². The summed E-state index contributed by atoms with van der Waals surface area (Å²) in [4.78, 5) is 26.4. The molecule has 130 valence electrons. The van der Waals surface area contributed by atoms with Gasteiger partial charge in [-0.3, -0.25) is 9.59 Å². The zero-order valence-corrected chi connectivity index (χ0v) is 14.8. The van der Waals surface area contributed by atoms with Crippen molar-refractivity contribution in [1.29, 1.82) is 0 Å². The van der Waals surface area contributed by atoms with Crippen molar-refractivity contribution < 1.29 is 14.3 Å². The SMILES string of the molecule is COc1cccc(N2C[C@@H](C(=O)Nc3ccc(C)c(Cl)c3)CC2=O)c1. The molecule has 0 radical (unpaired) electrons. The van der Waals surface area contributed by atoms with Crippen molar-refractivity contribution in [2.45, 2.75) is 13.3 Å². The quantitative estimate of drug-likeness (QED) is 0.907. The minimum atomic E-state index is -0.404. The van der Waals surface area contributed by atoms with Gasteiger partial charge in [-0.1, -0.05) is 23.7 Å². The molecule has 0 aromatic heterocycles. The van der Waals surface area contributed by atoms with E-state index in [1.165, 1.54) is 0 Å². The molecule has 2 aromatic rings. The number of nitrogens with zero attached hydrogens (tertiary/aromatic N) is 1.